The van der Waals surface area contributed by atoms with Crippen molar-refractivity contribution in [2.75, 3.05) is 66.0 Å². The Morgan fingerprint density at radius 1 is 1.02 bits per heavy atom. The van der Waals surface area contributed by atoms with Crippen LogP contribution in [0.1, 0.15) is 44.5 Å². The van der Waals surface area contributed by atoms with Crippen LogP contribution in [-0.4, -0.2) is 113 Å². The Bertz CT molecular complexity index is 1890. The molecule has 3 aromatic rings. The average Bonchev–Trinajstić information content (AvgIpc) is 3.68. The molecule has 1 aromatic carbocycles. The first-order valence-corrected chi connectivity index (χ1v) is 18.0. The first kappa shape index (κ1) is 39.3. The van der Waals surface area contributed by atoms with E-state index < -0.39 is 29.6 Å². The highest BCUT2D eigenvalue weighted by Crippen LogP contribution is 2.33. The number of hydrogen-bond acceptors (Lipinski definition) is 12. The molecule has 0 amide bonds. The third-order valence-corrected chi connectivity index (χ3v) is 9.10. The van der Waals surface area contributed by atoms with Crippen molar-refractivity contribution in [3.63, 3.8) is 0 Å². The Balaban J connectivity index is 0.922. The van der Waals surface area contributed by atoms with Gasteiger partial charge in [0.05, 0.1) is 57.3 Å². The van der Waals surface area contributed by atoms with Crippen LogP contribution in [-0.2, 0) is 48.0 Å². The molecule has 0 radical (unpaired) electrons. The van der Waals surface area contributed by atoms with Gasteiger partial charge in [-0.05, 0) is 57.6 Å². The third kappa shape index (κ3) is 10.6. The number of imidazole rings is 1. The fourth-order valence-corrected chi connectivity index (χ4v) is 6.25. The minimum Gasteiger partial charge on any atom is -0.491 e. The van der Waals surface area contributed by atoms with Gasteiger partial charge in [0.1, 0.15) is 25.1 Å². The summed E-state index contributed by atoms with van der Waals surface area (Å²) in [7, 11) is 0. The molecular formula is C36H49N5O10S. The van der Waals surface area contributed by atoms with Crippen molar-refractivity contribution in [3.8, 4) is 5.75 Å². The number of aliphatic hydroxyl groups excluding tert-OH is 1. The predicted octanol–water partition coefficient (Wildman–Crippen LogP) is 2.77. The molecule has 4 heterocycles. The molecular weight excluding hydrogens is 694 g/mol. The fourth-order valence-electron chi connectivity index (χ4n) is 5.98. The van der Waals surface area contributed by atoms with Gasteiger partial charge in [0, 0.05) is 49.4 Å². The topological polar surface area (TPSA) is 172 Å². The second kappa shape index (κ2) is 19.3. The number of carbonyl (C=O) groups is 1. The number of H-pyrrole nitrogens is 2. The van der Waals surface area contributed by atoms with Crippen LogP contribution in [0.3, 0.4) is 0 Å². The smallest absolute Gasteiger partial charge is 0.330 e. The van der Waals surface area contributed by atoms with Crippen LogP contribution in [0.2, 0.25) is 0 Å². The number of ether oxygens (including phenoxy) is 6. The number of aromatic nitrogens is 4. The van der Waals surface area contributed by atoms with Crippen LogP contribution >= 0.6 is 12.2 Å². The molecule has 0 bridgehead atoms. The van der Waals surface area contributed by atoms with Gasteiger partial charge in [-0.2, -0.15) is 0 Å². The number of benzene rings is 1. The van der Waals surface area contributed by atoms with Gasteiger partial charge in [-0.25, -0.2) is 4.79 Å². The minimum atomic E-state index is -0.752. The van der Waals surface area contributed by atoms with Crippen LogP contribution < -0.4 is 16.0 Å². The second-order valence-corrected chi connectivity index (χ2v) is 13.3. The summed E-state index contributed by atoms with van der Waals surface area (Å²) < 4.78 is 37.8. The van der Waals surface area contributed by atoms with E-state index >= 15 is 0 Å². The monoisotopic (exact) mass is 743 g/mol. The summed E-state index contributed by atoms with van der Waals surface area (Å²) in [5, 5.41) is 9.23. The number of aryl methyl sites for hydroxylation is 1. The molecule has 0 aliphatic carbocycles. The first-order chi connectivity index (χ1) is 25.1. The van der Waals surface area contributed by atoms with Crippen molar-refractivity contribution in [2.24, 2.45) is 0 Å². The zero-order valence-corrected chi connectivity index (χ0v) is 30.8. The Labute approximate surface area is 306 Å². The lowest BCUT2D eigenvalue weighted by Crippen LogP contribution is -2.34. The maximum absolute atomic E-state index is 12.2. The van der Waals surface area contributed by atoms with Crippen molar-refractivity contribution < 1.29 is 38.3 Å². The van der Waals surface area contributed by atoms with Gasteiger partial charge in [-0.15, -0.1) is 0 Å². The van der Waals surface area contributed by atoms with Gasteiger partial charge in [-0.1, -0.05) is 17.7 Å². The van der Waals surface area contributed by atoms with E-state index in [0.717, 1.165) is 46.8 Å². The van der Waals surface area contributed by atoms with E-state index in [-0.39, 0.29) is 38.2 Å². The van der Waals surface area contributed by atoms with Crippen LogP contribution in [0.4, 0.5) is 0 Å². The zero-order valence-electron chi connectivity index (χ0n) is 30.0. The summed E-state index contributed by atoms with van der Waals surface area (Å²) in [6.45, 7) is 11.2. The highest BCUT2D eigenvalue weighted by atomic mass is 32.1. The molecule has 0 saturated heterocycles. The maximum Gasteiger partial charge on any atom is 0.330 e. The van der Waals surface area contributed by atoms with E-state index in [1.165, 1.54) is 16.3 Å². The van der Waals surface area contributed by atoms with Crippen molar-refractivity contribution in [2.45, 2.75) is 65.1 Å². The number of hydrogen-bond donors (Lipinski definition) is 3. The molecule has 2 aliphatic heterocycles. The highest BCUT2D eigenvalue weighted by Gasteiger charge is 2.26. The fraction of sp³-hybridized carbons (Fsp3) is 0.556. The van der Waals surface area contributed by atoms with E-state index in [0.29, 0.717) is 45.7 Å². The number of aliphatic hydroxyl groups is 1. The Kier molecular flexibility index (Phi) is 14.6. The molecule has 16 heteroatoms. The zero-order chi connectivity index (χ0) is 37.0. The summed E-state index contributed by atoms with van der Waals surface area (Å²) in [6, 6.07) is 4.33. The lowest BCUT2D eigenvalue weighted by atomic mass is 10.1. The van der Waals surface area contributed by atoms with Crippen molar-refractivity contribution in [3.05, 3.63) is 78.9 Å². The molecule has 0 fully saturated rings. The van der Waals surface area contributed by atoms with Crippen LogP contribution in [0, 0.1) is 4.77 Å². The number of esters is 1. The third-order valence-electron chi connectivity index (χ3n) is 8.78. The number of nitrogens with one attached hydrogen (secondary N) is 2. The molecule has 3 atom stereocenters. The van der Waals surface area contributed by atoms with Crippen LogP contribution in [0.25, 0.3) is 11.0 Å². The van der Waals surface area contributed by atoms with Gasteiger partial charge in [0.15, 0.2) is 11.0 Å². The van der Waals surface area contributed by atoms with Crippen LogP contribution in [0.5, 0.6) is 5.75 Å². The Morgan fingerprint density at radius 3 is 2.42 bits per heavy atom. The summed E-state index contributed by atoms with van der Waals surface area (Å²) >= 11 is 5.65. The van der Waals surface area contributed by atoms with E-state index in [9.17, 15) is 19.5 Å². The first-order valence-electron chi connectivity index (χ1n) is 17.6. The van der Waals surface area contributed by atoms with E-state index in [1.54, 1.807) is 12.2 Å². The molecule has 0 unspecified atom stereocenters. The number of rotatable bonds is 20. The van der Waals surface area contributed by atoms with Gasteiger partial charge < -0.3 is 43.1 Å². The average molecular weight is 744 g/mol. The molecule has 3 N–H and O–H groups in total. The second-order valence-electron chi connectivity index (χ2n) is 12.9. The summed E-state index contributed by atoms with van der Waals surface area (Å²) in [5.74, 6) is 0.333. The molecule has 284 valence electrons. The summed E-state index contributed by atoms with van der Waals surface area (Å²) in [5.41, 5.74) is 3.54. The van der Waals surface area contributed by atoms with E-state index in [1.807, 2.05) is 12.1 Å². The minimum absolute atomic E-state index is 0.0518. The van der Waals surface area contributed by atoms with Crippen molar-refractivity contribution in [1.29, 1.82) is 0 Å². The lowest BCUT2D eigenvalue weighted by molar-refractivity contribution is -0.145. The number of allylic oxidation sites excluding steroid dienone is 1. The normalized spacial score (nSPS) is 18.5. The van der Waals surface area contributed by atoms with Gasteiger partial charge in [-0.3, -0.25) is 24.0 Å². The van der Waals surface area contributed by atoms with E-state index in [4.69, 9.17) is 40.6 Å². The van der Waals surface area contributed by atoms with Crippen LogP contribution in [0.15, 0.2) is 51.7 Å². The number of carbonyl (C=O) groups excluding carboxylic acids is 1. The largest absolute Gasteiger partial charge is 0.491 e. The highest BCUT2D eigenvalue weighted by molar-refractivity contribution is 7.71. The molecule has 2 aliphatic rings. The molecule has 15 nitrogen and oxygen atoms in total. The molecule has 5 rings (SSSR count). The molecule has 2 aromatic heterocycles. The summed E-state index contributed by atoms with van der Waals surface area (Å²) in [6.07, 6.45) is 5.61. The van der Waals surface area contributed by atoms with Gasteiger partial charge in [0.2, 0.25) is 0 Å². The van der Waals surface area contributed by atoms with E-state index in [2.05, 4.69) is 46.3 Å². The molecule has 52 heavy (non-hydrogen) atoms. The summed E-state index contributed by atoms with van der Waals surface area (Å²) in [4.78, 5) is 44.6. The lowest BCUT2D eigenvalue weighted by Gasteiger charge is -2.26. The molecule has 0 saturated carbocycles. The predicted molar refractivity (Wildman–Crippen MR) is 195 cm³/mol. The van der Waals surface area contributed by atoms with Gasteiger partial charge >= 0.3 is 11.7 Å². The Hall–Kier alpha value is -3.90. The van der Waals surface area contributed by atoms with Crippen molar-refractivity contribution in [1.82, 2.24) is 24.0 Å². The standard InChI is InChI=1S/C36H49N5O10S/c1-24(2)10-11-39-22-28-30(7-6-29-33(28)41(20-25(39)3)36(52)37-29)49-18-16-47-14-12-46-13-15-48-17-19-50-32(43)9-4-26-21-40(35(45)38-34(26)44)31-8-5-27(23-42)51-31/h5-8,10,21,25,27,31,42H,4,9,11-20,22-23H2,1-3H3,(H,37,52)(H,38,44,45)/t25-,27-,31+/m0/s1. The Morgan fingerprint density at radius 2 is 1.73 bits per heavy atom. The quantitative estimate of drug-likeness (QED) is 0.0671. The number of aromatic amines is 2. The van der Waals surface area contributed by atoms with Gasteiger partial charge in [0.25, 0.3) is 5.56 Å². The maximum atomic E-state index is 12.2. The molecule has 0 spiro atoms. The van der Waals surface area contributed by atoms with Crippen molar-refractivity contribution >= 4 is 29.2 Å². The number of nitrogens with zero attached hydrogens (tertiary/aromatic N) is 3. The SMILES string of the molecule is CC(C)=CCN1Cc2c(OCCOCCOCCOCCOC(=O)CCc3cn([C@H]4C=C[C@@H](CO)O4)c(=O)[nH]c3=O)ccc3[nH]c(=S)n(c23)C[C@@H]1C.